The maximum Gasteiger partial charge on any atom is 0.124 e. The Kier molecular flexibility index (Phi) is 2.87. The highest BCUT2D eigenvalue weighted by Crippen LogP contribution is 2.33. The highest BCUT2D eigenvalue weighted by atomic mass is 32.1. The van der Waals surface area contributed by atoms with Gasteiger partial charge in [0.1, 0.15) is 5.01 Å². The first-order chi connectivity index (χ1) is 9.90. The van der Waals surface area contributed by atoms with Gasteiger partial charge in [0.2, 0.25) is 0 Å². The van der Waals surface area contributed by atoms with E-state index in [1.807, 2.05) is 6.07 Å². The van der Waals surface area contributed by atoms with Crippen molar-refractivity contribution in [1.82, 2.24) is 4.98 Å². The summed E-state index contributed by atoms with van der Waals surface area (Å²) < 4.78 is 1.24. The standard InChI is InChI=1S/C17H11NS2/c1-2-8-16-14(7-1)18-17(20-16)13-6-3-5-12(11-13)15-9-4-10-19-15/h1-11H. The normalized spacial score (nSPS) is 11.0. The van der Waals surface area contributed by atoms with E-state index < -0.39 is 0 Å². The third-order valence-corrected chi connectivity index (χ3v) is 5.21. The maximum absolute atomic E-state index is 4.73. The van der Waals surface area contributed by atoms with E-state index in [0.29, 0.717) is 0 Å². The molecule has 0 atom stereocenters. The van der Waals surface area contributed by atoms with Crippen molar-refractivity contribution in [2.75, 3.05) is 0 Å². The lowest BCUT2D eigenvalue weighted by Crippen LogP contribution is -1.78. The molecule has 0 saturated carbocycles. The molecule has 0 amide bonds. The number of para-hydroxylation sites is 1. The number of thiazole rings is 1. The second-order valence-electron chi connectivity index (χ2n) is 4.54. The molecule has 20 heavy (non-hydrogen) atoms. The lowest BCUT2D eigenvalue weighted by Gasteiger charge is -2.00. The SMILES string of the molecule is c1cc(-c2cccs2)cc(-c2nc3ccccc3s2)c1. The Hall–Kier alpha value is -1.97. The minimum Gasteiger partial charge on any atom is -0.236 e. The first-order valence-electron chi connectivity index (χ1n) is 6.40. The van der Waals surface area contributed by atoms with Gasteiger partial charge in [-0.2, -0.15) is 0 Å². The molecule has 2 heterocycles. The predicted molar refractivity (Wildman–Crippen MR) is 88.4 cm³/mol. The topological polar surface area (TPSA) is 12.9 Å². The fraction of sp³-hybridized carbons (Fsp3) is 0. The van der Waals surface area contributed by atoms with Crippen LogP contribution in [0.5, 0.6) is 0 Å². The molecule has 0 spiro atoms. The Bertz CT molecular complexity index is 826. The fourth-order valence-corrected chi connectivity index (χ4v) is 3.93. The van der Waals surface area contributed by atoms with Gasteiger partial charge in [-0.25, -0.2) is 4.98 Å². The zero-order chi connectivity index (χ0) is 13.4. The molecule has 0 saturated heterocycles. The molecule has 4 rings (SSSR count). The van der Waals surface area contributed by atoms with Crippen LogP contribution in [0.4, 0.5) is 0 Å². The number of fused-ring (bicyclic) bond motifs is 1. The zero-order valence-electron chi connectivity index (χ0n) is 10.6. The molecule has 0 fully saturated rings. The number of thiophene rings is 1. The van der Waals surface area contributed by atoms with Gasteiger partial charge in [-0.1, -0.05) is 36.4 Å². The van der Waals surface area contributed by atoms with Gasteiger partial charge in [-0.3, -0.25) is 0 Å². The van der Waals surface area contributed by atoms with Gasteiger partial charge in [-0.15, -0.1) is 22.7 Å². The minimum atomic E-state index is 1.08. The molecule has 0 unspecified atom stereocenters. The van der Waals surface area contributed by atoms with Crippen LogP contribution < -0.4 is 0 Å². The average Bonchev–Trinajstić information content (AvgIpc) is 3.16. The number of hydrogen-bond acceptors (Lipinski definition) is 3. The van der Waals surface area contributed by atoms with Crippen LogP contribution in [-0.4, -0.2) is 4.98 Å². The average molecular weight is 293 g/mol. The summed E-state index contributed by atoms with van der Waals surface area (Å²) in [6.07, 6.45) is 0. The van der Waals surface area contributed by atoms with E-state index >= 15 is 0 Å². The lowest BCUT2D eigenvalue weighted by molar-refractivity contribution is 1.48. The molecule has 0 N–H and O–H groups in total. The number of nitrogens with zero attached hydrogens (tertiary/aromatic N) is 1. The molecule has 3 heteroatoms. The first-order valence-corrected chi connectivity index (χ1v) is 8.10. The third kappa shape index (κ3) is 2.05. The molecule has 0 aliphatic heterocycles. The van der Waals surface area contributed by atoms with E-state index in [9.17, 15) is 0 Å². The molecular formula is C17H11NS2. The summed E-state index contributed by atoms with van der Waals surface area (Å²) >= 11 is 3.52. The van der Waals surface area contributed by atoms with Crippen LogP contribution in [0, 0.1) is 0 Å². The van der Waals surface area contributed by atoms with Crippen LogP contribution in [-0.2, 0) is 0 Å². The summed E-state index contributed by atoms with van der Waals surface area (Å²) in [6.45, 7) is 0. The molecule has 0 bridgehead atoms. The molecule has 4 aromatic rings. The van der Waals surface area contributed by atoms with Crippen molar-refractivity contribution in [1.29, 1.82) is 0 Å². The van der Waals surface area contributed by atoms with Crippen LogP contribution >= 0.6 is 22.7 Å². The molecule has 0 aliphatic rings. The zero-order valence-corrected chi connectivity index (χ0v) is 12.2. The fourth-order valence-electron chi connectivity index (χ4n) is 2.24. The van der Waals surface area contributed by atoms with Gasteiger partial charge in [0, 0.05) is 10.4 Å². The van der Waals surface area contributed by atoms with Crippen LogP contribution in [0.2, 0.25) is 0 Å². The monoisotopic (exact) mass is 293 g/mol. The van der Waals surface area contributed by atoms with Crippen LogP contribution in [0.15, 0.2) is 66.0 Å². The van der Waals surface area contributed by atoms with Gasteiger partial charge in [0.05, 0.1) is 10.2 Å². The lowest BCUT2D eigenvalue weighted by atomic mass is 10.1. The van der Waals surface area contributed by atoms with Crippen molar-refractivity contribution >= 4 is 32.9 Å². The molecule has 1 nitrogen and oxygen atoms in total. The Balaban J connectivity index is 1.84. The van der Waals surface area contributed by atoms with E-state index in [-0.39, 0.29) is 0 Å². The van der Waals surface area contributed by atoms with Crippen molar-refractivity contribution in [3.8, 4) is 21.0 Å². The van der Waals surface area contributed by atoms with Gasteiger partial charge in [0.15, 0.2) is 0 Å². The van der Waals surface area contributed by atoms with Gasteiger partial charge in [0.25, 0.3) is 0 Å². The molecule has 0 radical (unpaired) electrons. The number of rotatable bonds is 2. The largest absolute Gasteiger partial charge is 0.236 e. The van der Waals surface area contributed by atoms with Crippen molar-refractivity contribution in [3.05, 3.63) is 66.0 Å². The number of benzene rings is 2. The van der Waals surface area contributed by atoms with Gasteiger partial charge < -0.3 is 0 Å². The molecule has 96 valence electrons. The molecule has 2 aromatic heterocycles. The summed E-state index contributed by atoms with van der Waals surface area (Å²) in [5.74, 6) is 0. The smallest absolute Gasteiger partial charge is 0.124 e. The van der Waals surface area contributed by atoms with Crippen LogP contribution in [0.1, 0.15) is 0 Å². The summed E-state index contributed by atoms with van der Waals surface area (Å²) in [4.78, 5) is 6.03. The summed E-state index contributed by atoms with van der Waals surface area (Å²) in [5, 5.41) is 3.20. The highest BCUT2D eigenvalue weighted by Gasteiger charge is 2.07. The number of hydrogen-bond donors (Lipinski definition) is 0. The molecule has 2 aromatic carbocycles. The first kappa shape index (κ1) is 11.8. The summed E-state index contributed by atoms with van der Waals surface area (Å²) in [5.41, 5.74) is 3.53. The Morgan fingerprint density at radius 3 is 2.55 bits per heavy atom. The van der Waals surface area contributed by atoms with E-state index in [1.165, 1.54) is 20.7 Å². The third-order valence-electron chi connectivity index (χ3n) is 3.21. The number of aromatic nitrogens is 1. The van der Waals surface area contributed by atoms with Crippen molar-refractivity contribution in [2.24, 2.45) is 0 Å². The quantitative estimate of drug-likeness (QED) is 0.462. The second-order valence-corrected chi connectivity index (χ2v) is 6.52. The van der Waals surface area contributed by atoms with Crippen molar-refractivity contribution < 1.29 is 0 Å². The van der Waals surface area contributed by atoms with Gasteiger partial charge >= 0.3 is 0 Å². The Morgan fingerprint density at radius 1 is 0.800 bits per heavy atom. The van der Waals surface area contributed by atoms with E-state index in [2.05, 4.69) is 60.0 Å². The Morgan fingerprint density at radius 2 is 1.70 bits per heavy atom. The van der Waals surface area contributed by atoms with Gasteiger partial charge in [-0.05, 0) is 35.2 Å². The second kappa shape index (κ2) is 4.85. The van der Waals surface area contributed by atoms with E-state index in [0.717, 1.165) is 10.5 Å². The van der Waals surface area contributed by atoms with Crippen LogP contribution in [0.25, 0.3) is 31.2 Å². The van der Waals surface area contributed by atoms with Crippen LogP contribution in [0.3, 0.4) is 0 Å². The summed E-state index contributed by atoms with van der Waals surface area (Å²) in [6, 6.07) is 21.2. The highest BCUT2D eigenvalue weighted by molar-refractivity contribution is 7.21. The summed E-state index contributed by atoms with van der Waals surface area (Å²) in [7, 11) is 0. The van der Waals surface area contributed by atoms with Crippen molar-refractivity contribution in [3.63, 3.8) is 0 Å². The molecular weight excluding hydrogens is 282 g/mol. The van der Waals surface area contributed by atoms with Crippen molar-refractivity contribution in [2.45, 2.75) is 0 Å². The van der Waals surface area contributed by atoms with E-state index in [1.54, 1.807) is 22.7 Å². The predicted octanol–water partition coefficient (Wildman–Crippen LogP) is 5.69. The maximum atomic E-state index is 4.73. The Labute approximate surface area is 125 Å². The van der Waals surface area contributed by atoms with E-state index in [4.69, 9.17) is 4.98 Å². The minimum absolute atomic E-state index is 1.08. The molecule has 0 aliphatic carbocycles.